The summed E-state index contributed by atoms with van der Waals surface area (Å²) in [5.41, 5.74) is 37.0. The number of allylic oxidation sites excluding steroid dienone is 2. The lowest BCUT2D eigenvalue weighted by molar-refractivity contribution is -0.139. The van der Waals surface area contributed by atoms with E-state index in [0.29, 0.717) is 116 Å². The molecule has 0 saturated heterocycles. The highest BCUT2D eigenvalue weighted by atomic mass is 16.5. The predicted octanol–water partition coefficient (Wildman–Crippen LogP) is -1.81. The molecule has 0 aliphatic carbocycles. The number of aliphatic hydroxyl groups excluding tert-OH is 1. The molecule has 148 heavy (non-hydrogen) atoms. The summed E-state index contributed by atoms with van der Waals surface area (Å²) in [5, 5.41) is 57.2. The third-order valence-corrected chi connectivity index (χ3v) is 24.8. The van der Waals surface area contributed by atoms with Crippen molar-refractivity contribution in [2.24, 2.45) is 69.7 Å². The Morgan fingerprint density at radius 2 is 0.811 bits per heavy atom. The minimum absolute atomic E-state index is 0.0168. The molecule has 46 nitrogen and oxygen atoms in total. The number of hydrogen-bond acceptors (Lipinski definition) is 28. The fourth-order valence-corrected chi connectivity index (χ4v) is 16.2. The number of nitrogens with one attached hydrogen (secondary N) is 17. The third-order valence-electron chi connectivity index (χ3n) is 24.8. The zero-order valence-corrected chi connectivity index (χ0v) is 90.2. The van der Waals surface area contributed by atoms with Gasteiger partial charge in [0.1, 0.15) is 108 Å². The van der Waals surface area contributed by atoms with Crippen LogP contribution in [0.15, 0.2) is 42.5 Å². The van der Waals surface area contributed by atoms with Crippen LogP contribution in [0.1, 0.15) is 270 Å². The molecule has 32 N–H and O–H groups in total. The van der Waals surface area contributed by atoms with Crippen LogP contribution in [0.4, 0.5) is 0 Å². The Hall–Kier alpha value is -11.0. The highest BCUT2D eigenvalue weighted by Crippen LogP contribution is 2.23. The number of hydrogen-bond donors (Lipinski definition) is 25. The predicted molar refractivity (Wildman–Crippen MR) is 561 cm³/mol. The summed E-state index contributed by atoms with van der Waals surface area (Å²) < 4.78 is 16.2. The van der Waals surface area contributed by atoms with Crippen molar-refractivity contribution in [2.45, 2.75) is 373 Å². The molecule has 0 spiro atoms. The third kappa shape index (κ3) is 52.9. The number of unbranched alkanes of at least 4 members (excludes halogenated alkanes) is 5. The van der Waals surface area contributed by atoms with E-state index in [0.717, 1.165) is 0 Å². The quantitative estimate of drug-likeness (QED) is 0.0252. The second kappa shape index (κ2) is 73.2. The van der Waals surface area contributed by atoms with Crippen LogP contribution < -0.4 is 131 Å². The second-order valence-corrected chi connectivity index (χ2v) is 40.8. The number of nitrogens with two attached hydrogens (primary N) is 7. The molecule has 0 radical (unpaired) electrons. The van der Waals surface area contributed by atoms with Gasteiger partial charge in [0.05, 0.1) is 39.6 Å². The first kappa shape index (κ1) is 133. The highest BCUT2D eigenvalue weighted by molar-refractivity contribution is 6.02. The highest BCUT2D eigenvalue weighted by Gasteiger charge is 2.44. The van der Waals surface area contributed by atoms with E-state index in [1.807, 2.05) is 27.7 Å². The van der Waals surface area contributed by atoms with Crippen molar-refractivity contribution in [1.29, 1.82) is 0 Å². The van der Waals surface area contributed by atoms with Crippen molar-refractivity contribution >= 4 is 106 Å². The minimum atomic E-state index is -1.93. The Balaban J connectivity index is 2.58. The van der Waals surface area contributed by atoms with Gasteiger partial charge in [0.15, 0.2) is 0 Å². The van der Waals surface area contributed by atoms with Crippen molar-refractivity contribution in [3.05, 3.63) is 48.0 Å². The normalized spacial score (nSPS) is 19.3. The number of benzene rings is 1. The molecule has 1 aromatic carbocycles. The molecule has 17 atom stereocenters. The van der Waals surface area contributed by atoms with E-state index in [2.05, 4.69) is 90.4 Å². The van der Waals surface area contributed by atoms with E-state index < -0.39 is 227 Å². The molecular weight excluding hydrogens is 1910 g/mol. The summed E-state index contributed by atoms with van der Waals surface area (Å²) in [4.78, 5) is 258. The molecule has 2 rings (SSSR count). The van der Waals surface area contributed by atoms with Crippen LogP contribution in [0.25, 0.3) is 0 Å². The van der Waals surface area contributed by atoms with Gasteiger partial charge in [-0.2, -0.15) is 0 Å². The van der Waals surface area contributed by atoms with Crippen LogP contribution >= 0.6 is 0 Å². The first-order valence-electron chi connectivity index (χ1n) is 52.8. The Labute approximate surface area is 874 Å². The minimum Gasteiger partial charge on any atom is -0.394 e. The average molecular weight is 2100 g/mol. The van der Waals surface area contributed by atoms with Gasteiger partial charge in [-0.15, -0.1) is 0 Å². The van der Waals surface area contributed by atoms with Crippen LogP contribution in [0.5, 0.6) is 0 Å². The van der Waals surface area contributed by atoms with Crippen molar-refractivity contribution in [3.8, 4) is 0 Å². The number of amides is 18. The van der Waals surface area contributed by atoms with Crippen LogP contribution in [-0.2, 0) is 107 Å². The molecule has 1 heterocycles. The molecule has 1 aliphatic rings. The molecule has 0 saturated carbocycles. The first-order valence-corrected chi connectivity index (χ1v) is 52.8. The fraction of sp³-hybridized carbons (Fsp3) is 0.745. The number of ether oxygens (including phenoxy) is 3. The lowest BCUT2D eigenvalue weighted by Gasteiger charge is -2.33. The number of carbonyl (C=O) groups is 18. The van der Waals surface area contributed by atoms with Crippen molar-refractivity contribution < 1.29 is 106 Å². The zero-order chi connectivity index (χ0) is 111. The number of primary amides is 1. The summed E-state index contributed by atoms with van der Waals surface area (Å²) in [6.07, 6.45) is 9.22. The summed E-state index contributed by atoms with van der Waals surface area (Å²) in [6.45, 7) is 26.0. The van der Waals surface area contributed by atoms with Gasteiger partial charge in [-0.3, -0.25) is 86.3 Å². The van der Waals surface area contributed by atoms with Gasteiger partial charge in [-0.05, 0) is 263 Å². The largest absolute Gasteiger partial charge is 0.394 e. The SMILES string of the molecule is CC(C)C[C@H](NC(=O)[C@H](C)NC(=O)[C@]1(C)CCC/C=C/CCC[C@](C)(NC(=O)[C@H](CO)NC(=O)[C@@H](NC(=O)[C@H](CC(C)C)NC(=O)[C@H](Cc2ccccc2)NC(=O)[C@H](CCCCN)NC(=O)[C@H](C)NC(=O)[C@H](CC(C)C)NC(=O)[C@H](CCCCN)NC(=O)[C@H](CCCCN)NC(=O)COCCOCCOCCN)C(C)C)C(=O)N[C@@H](C)C(=O)N[C@@H](CC(C)C)C(=O)N[C@@H](CCCCN)C(=O)N1)C(=O)N[C@@H](CCCCN)C(N)=O. The lowest BCUT2D eigenvalue weighted by Crippen LogP contribution is -2.65. The van der Waals surface area contributed by atoms with E-state index in [4.69, 9.17) is 54.3 Å². The molecule has 18 amide bonds. The number of rotatable bonds is 68. The van der Waals surface area contributed by atoms with Gasteiger partial charge in [0.2, 0.25) is 106 Å². The Bertz CT molecular complexity index is 4290. The lowest BCUT2D eigenvalue weighted by atomic mass is 9.91. The van der Waals surface area contributed by atoms with E-state index in [1.54, 1.807) is 84.0 Å². The Morgan fingerprint density at radius 1 is 0.405 bits per heavy atom. The molecule has 46 heteroatoms. The van der Waals surface area contributed by atoms with Crippen LogP contribution in [-0.4, -0.2) is 299 Å². The van der Waals surface area contributed by atoms with Gasteiger partial charge < -0.3 is 150 Å². The van der Waals surface area contributed by atoms with E-state index in [1.165, 1.54) is 34.6 Å². The van der Waals surface area contributed by atoms with Crippen LogP contribution in [0.3, 0.4) is 0 Å². The van der Waals surface area contributed by atoms with Crippen LogP contribution in [0.2, 0.25) is 0 Å². The maximum Gasteiger partial charge on any atom is 0.246 e. The summed E-state index contributed by atoms with van der Waals surface area (Å²) in [6, 6.07) is -11.5. The standard InChI is InChI=1S/C102H182N24O22/c1-62(2)55-76(120-90(135)74(40-26-33-47-106)116-88(133)72(38-24-31-45-104)113-82(128)61-148-54-53-147-52-51-146-50-49-108)91(136)110-67(11)85(130)115-73(39-25-32-46-105)89(134)122-80(59-70-35-21-20-22-36-70)94(139)121-79(58-65(7)8)95(140)124-83(66(9)10)98(143)123-81(60-127)97(142)126-102(15)43-29-19-17-16-18-28-42-101(14,99(144)111-68(12)86(131)118-77(56-63(3)4)92(137)114-71(84(109)129)37-23-30-44-103)125-96(141)75(41-27-34-48-107)117-93(138)78(57-64(5)6)119-87(132)69(13)112-100(102)145/h16-17,20-22,35-36,62-69,71-81,83,127H,18-19,23-34,37-61,103-108H2,1-15H3,(H2,109,129)(H,110,136)(H,111,144)(H,112,145)(H,113,128)(H,114,137)(H,115,130)(H,116,133)(H,117,138)(H,118,131)(H,119,132)(H,120,135)(H,121,139)(H,122,134)(H,123,143)(H,124,140)(H,125,141)(H,126,142)/b17-16+/t67-,68-,69-,71-,72-,73-,74-,75-,76-,77-,78-,79-,80-,81-,83-,101-,102-/m0/s1. The van der Waals surface area contributed by atoms with Crippen molar-refractivity contribution in [3.63, 3.8) is 0 Å². The van der Waals surface area contributed by atoms with Crippen LogP contribution in [0, 0.1) is 29.6 Å². The average Bonchev–Trinajstić information content (AvgIpc) is 0.905. The number of aliphatic hydroxyl groups is 1. The van der Waals surface area contributed by atoms with Gasteiger partial charge in [0.25, 0.3) is 0 Å². The monoisotopic (exact) mass is 2100 g/mol. The molecule has 1 aromatic rings. The fourth-order valence-electron chi connectivity index (χ4n) is 16.2. The molecule has 0 bridgehead atoms. The Kier molecular flexibility index (Phi) is 65.8. The molecule has 0 fully saturated rings. The van der Waals surface area contributed by atoms with Crippen molar-refractivity contribution in [1.82, 2.24) is 90.4 Å². The summed E-state index contributed by atoms with van der Waals surface area (Å²) in [7, 11) is 0. The molecule has 0 aromatic heterocycles. The first-order chi connectivity index (χ1) is 70.1. The molecule has 1 aliphatic heterocycles. The van der Waals surface area contributed by atoms with Gasteiger partial charge in [-0.25, -0.2) is 0 Å². The number of carbonyl (C=O) groups excluding carboxylic acids is 18. The van der Waals surface area contributed by atoms with E-state index >= 15 is 4.79 Å². The summed E-state index contributed by atoms with van der Waals surface area (Å²) >= 11 is 0. The maximum absolute atomic E-state index is 15.0. The van der Waals surface area contributed by atoms with E-state index in [-0.39, 0.29) is 153 Å². The second-order valence-electron chi connectivity index (χ2n) is 40.8. The van der Waals surface area contributed by atoms with Crippen molar-refractivity contribution in [2.75, 3.05) is 85.5 Å². The molecule has 0 unspecified atom stereocenters. The topological polar surface area (TPSA) is 742 Å². The van der Waals surface area contributed by atoms with E-state index in [9.17, 15) is 86.6 Å². The van der Waals surface area contributed by atoms with Gasteiger partial charge in [0, 0.05) is 13.0 Å². The smallest absolute Gasteiger partial charge is 0.246 e. The zero-order valence-electron chi connectivity index (χ0n) is 90.2. The molecule has 842 valence electrons. The Morgan fingerprint density at radius 3 is 1.29 bits per heavy atom. The summed E-state index contributed by atoms with van der Waals surface area (Å²) in [5.74, 6) is -16.3. The molecular formula is C102H182N24O22. The maximum atomic E-state index is 15.0. The van der Waals surface area contributed by atoms with Gasteiger partial charge in [-0.1, -0.05) is 112 Å². The van der Waals surface area contributed by atoms with Gasteiger partial charge >= 0.3 is 0 Å².